The Morgan fingerprint density at radius 1 is 1.10 bits per heavy atom. The van der Waals surface area contributed by atoms with Gasteiger partial charge in [-0.3, -0.25) is 4.79 Å². The van der Waals surface area contributed by atoms with E-state index in [1.165, 1.54) is 6.07 Å². The first kappa shape index (κ1) is 17.4. The summed E-state index contributed by atoms with van der Waals surface area (Å²) in [5, 5.41) is 0. The van der Waals surface area contributed by atoms with Gasteiger partial charge in [-0.2, -0.15) is 0 Å². The standard InChI is InChI=1S/C15H10FI3O2/c16-12-4-2-1-3-9(12)5-11(20)8-21-15-13(18)6-10(17)7-14(15)19/h1-4,6-7H,5,8H2. The highest BCUT2D eigenvalue weighted by atomic mass is 127. The van der Waals surface area contributed by atoms with Gasteiger partial charge in [-0.25, -0.2) is 4.39 Å². The van der Waals surface area contributed by atoms with Gasteiger partial charge in [0, 0.05) is 9.99 Å². The van der Waals surface area contributed by atoms with Crippen molar-refractivity contribution in [2.45, 2.75) is 6.42 Å². The van der Waals surface area contributed by atoms with E-state index in [9.17, 15) is 9.18 Å². The lowest BCUT2D eigenvalue weighted by atomic mass is 10.1. The fourth-order valence-corrected chi connectivity index (χ4v) is 5.62. The molecule has 0 radical (unpaired) electrons. The molecule has 0 N–H and O–H groups in total. The molecule has 0 aliphatic heterocycles. The topological polar surface area (TPSA) is 26.3 Å². The summed E-state index contributed by atoms with van der Waals surface area (Å²) in [6.45, 7) is -0.0546. The normalized spacial score (nSPS) is 10.5. The zero-order valence-corrected chi connectivity index (χ0v) is 17.2. The second kappa shape index (κ2) is 8.04. The van der Waals surface area contributed by atoms with Crippen LogP contribution in [-0.2, 0) is 11.2 Å². The summed E-state index contributed by atoms with van der Waals surface area (Å²) in [5.41, 5.74) is 0.401. The van der Waals surface area contributed by atoms with E-state index in [-0.39, 0.29) is 24.6 Å². The van der Waals surface area contributed by atoms with Crippen molar-refractivity contribution in [2.24, 2.45) is 0 Å². The van der Waals surface area contributed by atoms with E-state index in [4.69, 9.17) is 4.74 Å². The minimum absolute atomic E-state index is 0.0458. The van der Waals surface area contributed by atoms with E-state index in [1.807, 2.05) is 12.1 Å². The number of Topliss-reactive ketones (excluding diaryl/α,β-unsaturated/α-hetero) is 1. The molecule has 0 atom stereocenters. The lowest BCUT2D eigenvalue weighted by Gasteiger charge is -2.10. The van der Waals surface area contributed by atoms with Crippen molar-refractivity contribution in [1.82, 2.24) is 0 Å². The molecule has 0 aliphatic carbocycles. The molecule has 0 saturated heterocycles. The maximum absolute atomic E-state index is 13.5. The minimum Gasteiger partial charge on any atom is -0.484 e. The van der Waals surface area contributed by atoms with Crippen LogP contribution in [0.5, 0.6) is 5.75 Å². The van der Waals surface area contributed by atoms with Gasteiger partial charge in [0.15, 0.2) is 5.78 Å². The molecule has 2 aromatic rings. The van der Waals surface area contributed by atoms with Gasteiger partial charge in [0.2, 0.25) is 0 Å². The predicted octanol–water partition coefficient (Wildman–Crippen LogP) is 4.83. The lowest BCUT2D eigenvalue weighted by Crippen LogP contribution is -2.15. The van der Waals surface area contributed by atoms with E-state index in [0.717, 1.165) is 10.7 Å². The number of carbonyl (C=O) groups excluding carboxylic acids is 1. The second-order valence-electron chi connectivity index (χ2n) is 4.29. The van der Waals surface area contributed by atoms with Gasteiger partial charge in [-0.05, 0) is 91.5 Å². The lowest BCUT2D eigenvalue weighted by molar-refractivity contribution is -0.120. The Morgan fingerprint density at radius 3 is 2.33 bits per heavy atom. The molecule has 21 heavy (non-hydrogen) atoms. The molecule has 0 aromatic heterocycles. The molecule has 0 bridgehead atoms. The number of halogens is 4. The minimum atomic E-state index is -0.357. The van der Waals surface area contributed by atoms with E-state index in [1.54, 1.807) is 18.2 Å². The Labute approximate surface area is 163 Å². The SMILES string of the molecule is O=C(COc1c(I)cc(I)cc1I)Cc1ccccc1F. The number of rotatable bonds is 5. The third-order valence-corrected chi connectivity index (χ3v) is 4.91. The molecule has 6 heteroatoms. The number of ether oxygens (including phenoxy) is 1. The average Bonchev–Trinajstić information content (AvgIpc) is 2.40. The third-order valence-electron chi connectivity index (χ3n) is 2.69. The maximum atomic E-state index is 13.5. The summed E-state index contributed by atoms with van der Waals surface area (Å²) in [7, 11) is 0. The van der Waals surface area contributed by atoms with Crippen molar-refractivity contribution in [3.63, 3.8) is 0 Å². The smallest absolute Gasteiger partial charge is 0.174 e. The van der Waals surface area contributed by atoms with Crippen molar-refractivity contribution in [2.75, 3.05) is 6.61 Å². The molecule has 0 fully saturated rings. The first-order valence-electron chi connectivity index (χ1n) is 6.00. The van der Waals surface area contributed by atoms with Gasteiger partial charge in [-0.1, -0.05) is 18.2 Å². The quantitative estimate of drug-likeness (QED) is 0.448. The Morgan fingerprint density at radius 2 is 1.71 bits per heavy atom. The van der Waals surface area contributed by atoms with E-state index >= 15 is 0 Å². The average molecular weight is 622 g/mol. The zero-order chi connectivity index (χ0) is 15.4. The number of hydrogen-bond donors (Lipinski definition) is 0. The van der Waals surface area contributed by atoms with Gasteiger partial charge in [-0.15, -0.1) is 0 Å². The number of benzene rings is 2. The van der Waals surface area contributed by atoms with Crippen LogP contribution in [-0.4, -0.2) is 12.4 Å². The summed E-state index contributed by atoms with van der Waals surface area (Å²) in [5.74, 6) is 0.202. The molecule has 2 nitrogen and oxygen atoms in total. The first-order valence-corrected chi connectivity index (χ1v) is 9.23. The summed E-state index contributed by atoms with van der Waals surface area (Å²) >= 11 is 6.60. The van der Waals surface area contributed by atoms with Crippen LogP contribution >= 0.6 is 67.8 Å². The third kappa shape index (κ3) is 5.02. The van der Waals surface area contributed by atoms with E-state index in [0.29, 0.717) is 11.3 Å². The number of ketones is 1. The summed E-state index contributed by atoms with van der Waals surface area (Å²) in [6.07, 6.45) is 0.0458. The van der Waals surface area contributed by atoms with Crippen molar-refractivity contribution in [3.05, 3.63) is 58.5 Å². The van der Waals surface area contributed by atoms with Gasteiger partial charge in [0.1, 0.15) is 18.2 Å². The van der Waals surface area contributed by atoms with Crippen LogP contribution in [0.25, 0.3) is 0 Å². The van der Waals surface area contributed by atoms with Gasteiger partial charge < -0.3 is 4.74 Å². The molecule has 110 valence electrons. The zero-order valence-electron chi connectivity index (χ0n) is 10.7. The molecule has 0 aliphatic rings. The van der Waals surface area contributed by atoms with Crippen LogP contribution < -0.4 is 4.74 Å². The van der Waals surface area contributed by atoms with Crippen LogP contribution in [0.4, 0.5) is 4.39 Å². The van der Waals surface area contributed by atoms with E-state index < -0.39 is 0 Å². The van der Waals surface area contributed by atoms with Crippen LogP contribution in [0.1, 0.15) is 5.56 Å². The molecular formula is C15H10FI3O2. The maximum Gasteiger partial charge on any atom is 0.174 e. The molecule has 0 amide bonds. The summed E-state index contributed by atoms with van der Waals surface area (Å²) < 4.78 is 22.1. The molecular weight excluding hydrogens is 612 g/mol. The largest absolute Gasteiger partial charge is 0.484 e. The van der Waals surface area contributed by atoms with Gasteiger partial charge in [0.25, 0.3) is 0 Å². The molecule has 0 unspecified atom stereocenters. The molecule has 0 saturated carbocycles. The Bertz CT molecular complexity index is 651. The van der Waals surface area contributed by atoms with Crippen LogP contribution in [0.3, 0.4) is 0 Å². The Hall–Kier alpha value is 0.0300. The Kier molecular flexibility index (Phi) is 6.66. The fraction of sp³-hybridized carbons (Fsp3) is 0.133. The van der Waals surface area contributed by atoms with E-state index in [2.05, 4.69) is 67.8 Å². The molecule has 2 rings (SSSR count). The highest BCUT2D eigenvalue weighted by Crippen LogP contribution is 2.29. The van der Waals surface area contributed by atoms with Crippen molar-refractivity contribution in [1.29, 1.82) is 0 Å². The predicted molar refractivity (Wildman–Crippen MR) is 105 cm³/mol. The highest BCUT2D eigenvalue weighted by molar-refractivity contribution is 14.1. The molecule has 2 aromatic carbocycles. The van der Waals surface area contributed by atoms with Crippen LogP contribution in [0.15, 0.2) is 36.4 Å². The molecule has 0 heterocycles. The molecule has 0 spiro atoms. The van der Waals surface area contributed by atoms with Crippen LogP contribution in [0.2, 0.25) is 0 Å². The van der Waals surface area contributed by atoms with Crippen molar-refractivity contribution >= 4 is 73.6 Å². The monoisotopic (exact) mass is 622 g/mol. The van der Waals surface area contributed by atoms with Gasteiger partial charge in [0.05, 0.1) is 7.14 Å². The number of carbonyl (C=O) groups is 1. The second-order valence-corrected chi connectivity index (χ2v) is 7.86. The first-order chi connectivity index (χ1) is 9.97. The summed E-state index contributed by atoms with van der Waals surface area (Å²) in [6, 6.07) is 10.3. The summed E-state index contributed by atoms with van der Waals surface area (Å²) in [4.78, 5) is 11.9. The van der Waals surface area contributed by atoms with Crippen molar-refractivity contribution < 1.29 is 13.9 Å². The van der Waals surface area contributed by atoms with Gasteiger partial charge >= 0.3 is 0 Å². The number of hydrogen-bond acceptors (Lipinski definition) is 2. The fourth-order valence-electron chi connectivity index (χ4n) is 1.72. The van der Waals surface area contributed by atoms with Crippen LogP contribution in [0, 0.1) is 16.5 Å². The highest BCUT2D eigenvalue weighted by Gasteiger charge is 2.12. The Balaban J connectivity index is 2.01. The van der Waals surface area contributed by atoms with Crippen molar-refractivity contribution in [3.8, 4) is 5.75 Å².